The van der Waals surface area contributed by atoms with Crippen LogP contribution in [0.3, 0.4) is 0 Å². The van der Waals surface area contributed by atoms with Crippen LogP contribution in [0.4, 0.5) is 0 Å². The lowest BCUT2D eigenvalue weighted by atomic mass is 10.0. The fourth-order valence-electron chi connectivity index (χ4n) is 11.4. The van der Waals surface area contributed by atoms with Crippen LogP contribution in [0.15, 0.2) is 72.9 Å². The summed E-state index contributed by atoms with van der Waals surface area (Å²) < 4.78 is 33.3. The first-order chi connectivity index (χ1) is 43.8. The summed E-state index contributed by atoms with van der Waals surface area (Å²) in [6.45, 7) is 3.69. The SMILES string of the molecule is CC/C=C\C/C=C\C/C=C\C/C=C\CCCCCCCCCCCCCCCCCCCCCCCCCCC(=O)OC(COC(=O)CCCCCCCCCCCCCCCCCCCCC/C=C\C/C=C\CCCCCCC)COP(=O)(O)OCCN. The third-order valence-electron chi connectivity index (χ3n) is 17.1. The van der Waals surface area contributed by atoms with Crippen molar-refractivity contribution in [2.75, 3.05) is 26.4 Å². The fraction of sp³-hybridized carbons (Fsp3) is 0.823. The molecule has 0 aromatic heterocycles. The Hall–Kier alpha value is -2.55. The minimum atomic E-state index is -4.39. The minimum absolute atomic E-state index is 0.0548. The van der Waals surface area contributed by atoms with Gasteiger partial charge in [-0.25, -0.2) is 4.57 Å². The molecule has 0 radical (unpaired) electrons. The Kier molecular flexibility index (Phi) is 72.4. The van der Waals surface area contributed by atoms with E-state index >= 15 is 0 Å². The van der Waals surface area contributed by atoms with Crippen molar-refractivity contribution in [1.29, 1.82) is 0 Å². The standard InChI is InChI=1S/C79H146NO8P/c1-3-5-7-9-11-13-15-17-19-21-23-25-27-29-31-33-35-36-37-38-39-40-42-44-46-48-50-52-54-56-58-60-62-64-66-68-70-72-79(82)88-77(76-87-89(83,84)86-74-73-80)75-85-78(81)71-69-67-65-63-61-59-57-55-53-51-49-47-45-43-41-34-32-30-28-26-24-22-20-18-16-14-12-10-8-6-4-2/h5,7,11,13,16-19,22-25,77H,3-4,6,8-10,12,14-15,20-21,26-76,80H2,1-2H3,(H,83,84)/b7-5-,13-11-,18-16-,19-17-,24-22-,25-23-. The van der Waals surface area contributed by atoms with Crippen molar-refractivity contribution < 1.29 is 37.6 Å². The van der Waals surface area contributed by atoms with Crippen LogP contribution in [0.25, 0.3) is 0 Å². The van der Waals surface area contributed by atoms with Gasteiger partial charge in [-0.3, -0.25) is 18.6 Å². The molecule has 2 unspecified atom stereocenters. The van der Waals surface area contributed by atoms with Crippen LogP contribution in [0.5, 0.6) is 0 Å². The predicted molar refractivity (Wildman–Crippen MR) is 386 cm³/mol. The third-order valence-corrected chi connectivity index (χ3v) is 18.1. The number of allylic oxidation sites excluding steroid dienone is 12. The first-order valence-electron chi connectivity index (χ1n) is 38.4. The number of phosphoric ester groups is 1. The number of esters is 2. The van der Waals surface area contributed by atoms with Gasteiger partial charge in [0, 0.05) is 19.4 Å². The molecule has 0 bridgehead atoms. The Morgan fingerprint density at radius 3 is 0.921 bits per heavy atom. The Balaban J connectivity index is 3.78. The summed E-state index contributed by atoms with van der Waals surface area (Å²) in [5, 5.41) is 0. The summed E-state index contributed by atoms with van der Waals surface area (Å²) in [4.78, 5) is 35.4. The van der Waals surface area contributed by atoms with Crippen LogP contribution in [-0.2, 0) is 32.7 Å². The van der Waals surface area contributed by atoms with Crippen LogP contribution < -0.4 is 5.73 Å². The molecule has 3 N–H and O–H groups in total. The largest absolute Gasteiger partial charge is 0.472 e. The molecule has 9 nitrogen and oxygen atoms in total. The van der Waals surface area contributed by atoms with E-state index in [9.17, 15) is 19.0 Å². The lowest BCUT2D eigenvalue weighted by Gasteiger charge is -2.19. The van der Waals surface area contributed by atoms with Gasteiger partial charge in [0.1, 0.15) is 6.61 Å². The summed E-state index contributed by atoms with van der Waals surface area (Å²) >= 11 is 0. The Labute approximate surface area is 552 Å². The number of hydrogen-bond donors (Lipinski definition) is 2. The van der Waals surface area contributed by atoms with E-state index < -0.39 is 26.5 Å². The van der Waals surface area contributed by atoms with Crippen LogP contribution in [-0.4, -0.2) is 49.3 Å². The smallest absolute Gasteiger partial charge is 0.462 e. The van der Waals surface area contributed by atoms with Crippen molar-refractivity contribution in [3.63, 3.8) is 0 Å². The van der Waals surface area contributed by atoms with Crippen molar-refractivity contribution in [1.82, 2.24) is 0 Å². The number of phosphoric acid groups is 1. The van der Waals surface area contributed by atoms with E-state index in [2.05, 4.69) is 86.8 Å². The maximum atomic E-state index is 12.8. The highest BCUT2D eigenvalue weighted by Crippen LogP contribution is 2.43. The summed E-state index contributed by atoms with van der Waals surface area (Å²) in [5.74, 6) is -0.806. The van der Waals surface area contributed by atoms with Gasteiger partial charge in [-0.15, -0.1) is 0 Å². The van der Waals surface area contributed by atoms with Crippen LogP contribution >= 0.6 is 7.82 Å². The molecule has 0 saturated heterocycles. The molecule has 0 rings (SSSR count). The van der Waals surface area contributed by atoms with E-state index in [-0.39, 0.29) is 38.6 Å². The van der Waals surface area contributed by atoms with Gasteiger partial charge >= 0.3 is 19.8 Å². The van der Waals surface area contributed by atoms with Crippen molar-refractivity contribution >= 4 is 19.8 Å². The van der Waals surface area contributed by atoms with E-state index in [4.69, 9.17) is 24.3 Å². The van der Waals surface area contributed by atoms with Gasteiger partial charge in [0.2, 0.25) is 0 Å². The molecule has 0 amide bonds. The number of hydrogen-bond acceptors (Lipinski definition) is 8. The van der Waals surface area contributed by atoms with Crippen molar-refractivity contribution in [3.05, 3.63) is 72.9 Å². The van der Waals surface area contributed by atoms with Crippen LogP contribution in [0, 0.1) is 0 Å². The molecule has 0 spiro atoms. The zero-order valence-corrected chi connectivity index (χ0v) is 59.6. The van der Waals surface area contributed by atoms with Gasteiger partial charge in [-0.2, -0.15) is 0 Å². The van der Waals surface area contributed by atoms with Crippen molar-refractivity contribution in [2.24, 2.45) is 5.73 Å². The molecular formula is C79H146NO8P. The van der Waals surface area contributed by atoms with Crippen LogP contribution in [0.2, 0.25) is 0 Å². The van der Waals surface area contributed by atoms with Gasteiger partial charge in [0.25, 0.3) is 0 Å². The van der Waals surface area contributed by atoms with Gasteiger partial charge in [-0.05, 0) is 83.5 Å². The highest BCUT2D eigenvalue weighted by atomic mass is 31.2. The maximum absolute atomic E-state index is 12.8. The zero-order chi connectivity index (χ0) is 64.4. The second-order valence-corrected chi connectivity index (χ2v) is 27.3. The molecule has 10 heteroatoms. The number of rotatable bonds is 73. The van der Waals surface area contributed by atoms with E-state index in [1.807, 2.05) is 0 Å². The second-order valence-electron chi connectivity index (χ2n) is 25.8. The molecule has 0 aromatic carbocycles. The highest BCUT2D eigenvalue weighted by Gasteiger charge is 2.26. The molecule has 0 fully saturated rings. The van der Waals surface area contributed by atoms with Gasteiger partial charge in [-0.1, -0.05) is 363 Å². The third kappa shape index (κ3) is 74.4. The molecule has 0 aliphatic rings. The first kappa shape index (κ1) is 86.5. The summed E-state index contributed by atoms with van der Waals surface area (Å²) in [5.41, 5.74) is 5.41. The van der Waals surface area contributed by atoms with Crippen LogP contribution in [0.1, 0.15) is 386 Å². The normalized spacial score (nSPS) is 13.3. The fourth-order valence-corrected chi connectivity index (χ4v) is 12.2. The monoisotopic (exact) mass is 1270 g/mol. The lowest BCUT2D eigenvalue weighted by molar-refractivity contribution is -0.161. The Morgan fingerprint density at radius 1 is 0.348 bits per heavy atom. The Bertz CT molecular complexity index is 1690. The summed E-state index contributed by atoms with van der Waals surface area (Å²) in [6.07, 6.45) is 98.9. The number of ether oxygens (including phenoxy) is 2. The van der Waals surface area contributed by atoms with E-state index in [0.717, 1.165) is 64.2 Å². The Morgan fingerprint density at radius 2 is 0.618 bits per heavy atom. The lowest BCUT2D eigenvalue weighted by Crippen LogP contribution is -2.29. The number of carbonyl (C=O) groups excluding carboxylic acids is 2. The highest BCUT2D eigenvalue weighted by molar-refractivity contribution is 7.47. The average Bonchev–Trinajstić information content (AvgIpc) is 3.68. The quantitative estimate of drug-likeness (QED) is 0.0264. The number of carbonyl (C=O) groups is 2. The van der Waals surface area contributed by atoms with Gasteiger partial charge in [0.05, 0.1) is 13.2 Å². The molecule has 0 aliphatic heterocycles. The molecule has 520 valence electrons. The number of unbranched alkanes of at least 4 members (excludes halogenated alkanes) is 48. The molecule has 2 atom stereocenters. The van der Waals surface area contributed by atoms with Crippen molar-refractivity contribution in [3.8, 4) is 0 Å². The molecule has 0 heterocycles. The summed E-state index contributed by atoms with van der Waals surface area (Å²) in [7, 11) is -4.39. The molecule has 0 saturated carbocycles. The molecule has 0 aliphatic carbocycles. The topological polar surface area (TPSA) is 134 Å². The van der Waals surface area contributed by atoms with E-state index in [1.54, 1.807) is 0 Å². The molecule has 89 heavy (non-hydrogen) atoms. The maximum Gasteiger partial charge on any atom is 0.472 e. The van der Waals surface area contributed by atoms with E-state index in [0.29, 0.717) is 6.42 Å². The van der Waals surface area contributed by atoms with Gasteiger partial charge in [0.15, 0.2) is 6.10 Å². The molecule has 0 aromatic rings. The predicted octanol–water partition coefficient (Wildman–Crippen LogP) is 25.5. The second kappa shape index (κ2) is 74.5. The van der Waals surface area contributed by atoms with Crippen molar-refractivity contribution in [2.45, 2.75) is 392 Å². The number of nitrogens with two attached hydrogens (primary N) is 1. The van der Waals surface area contributed by atoms with Gasteiger partial charge < -0.3 is 20.1 Å². The minimum Gasteiger partial charge on any atom is -0.462 e. The zero-order valence-electron chi connectivity index (χ0n) is 58.7. The first-order valence-corrected chi connectivity index (χ1v) is 39.9. The van der Waals surface area contributed by atoms with E-state index in [1.165, 1.54) is 289 Å². The molecular weight excluding hydrogens is 1120 g/mol. The summed E-state index contributed by atoms with van der Waals surface area (Å²) in [6, 6.07) is 0. The average molecular weight is 1270 g/mol.